The van der Waals surface area contributed by atoms with Gasteiger partial charge < -0.3 is 9.88 Å². The molecule has 110 valence electrons. The van der Waals surface area contributed by atoms with Crippen molar-refractivity contribution in [1.82, 2.24) is 19.9 Å². The summed E-state index contributed by atoms with van der Waals surface area (Å²) < 4.78 is 2.18. The van der Waals surface area contributed by atoms with E-state index in [4.69, 9.17) is 4.98 Å². The monoisotopic (exact) mass is 292 g/mol. The van der Waals surface area contributed by atoms with Crippen molar-refractivity contribution in [2.45, 2.75) is 59.2 Å². The van der Waals surface area contributed by atoms with Gasteiger partial charge in [-0.3, -0.25) is 0 Å². The number of thiazole rings is 1. The van der Waals surface area contributed by atoms with Crippen molar-refractivity contribution in [3.63, 3.8) is 0 Å². The van der Waals surface area contributed by atoms with Crippen molar-refractivity contribution in [3.05, 3.63) is 34.3 Å². The van der Waals surface area contributed by atoms with Gasteiger partial charge in [0.15, 0.2) is 0 Å². The zero-order valence-electron chi connectivity index (χ0n) is 12.9. The topological polar surface area (TPSA) is 42.7 Å². The summed E-state index contributed by atoms with van der Waals surface area (Å²) in [6.45, 7) is 11.8. The minimum Gasteiger partial charge on any atom is -0.333 e. The van der Waals surface area contributed by atoms with E-state index in [2.05, 4.69) is 54.9 Å². The highest BCUT2D eigenvalue weighted by atomic mass is 32.1. The van der Waals surface area contributed by atoms with Gasteiger partial charge in [0.1, 0.15) is 11.0 Å². The third-order valence-electron chi connectivity index (χ3n) is 3.26. The van der Waals surface area contributed by atoms with Gasteiger partial charge in [-0.2, -0.15) is 0 Å². The Kier molecular flexibility index (Phi) is 4.94. The minimum absolute atomic E-state index is 0.120. The number of hydrogen-bond acceptors (Lipinski definition) is 4. The summed E-state index contributed by atoms with van der Waals surface area (Å²) in [5.41, 5.74) is 2.36. The molecule has 0 aliphatic heterocycles. The first-order chi connectivity index (χ1) is 9.52. The van der Waals surface area contributed by atoms with Crippen LogP contribution in [0.2, 0.25) is 0 Å². The number of imidazole rings is 1. The van der Waals surface area contributed by atoms with Crippen molar-refractivity contribution in [2.75, 3.05) is 0 Å². The van der Waals surface area contributed by atoms with Crippen LogP contribution in [-0.4, -0.2) is 20.6 Å². The highest BCUT2D eigenvalue weighted by molar-refractivity contribution is 7.09. The van der Waals surface area contributed by atoms with Gasteiger partial charge in [-0.15, -0.1) is 11.3 Å². The summed E-state index contributed by atoms with van der Waals surface area (Å²) >= 11 is 1.73. The van der Waals surface area contributed by atoms with E-state index in [1.54, 1.807) is 11.3 Å². The van der Waals surface area contributed by atoms with Crippen LogP contribution in [-0.2, 0) is 6.54 Å². The second-order valence-electron chi connectivity index (χ2n) is 5.62. The molecule has 1 N–H and O–H groups in total. The standard InChI is InChI=1S/C15H24N4S/c1-6-19-9-16-7-13(19)14(17-11(4)5)15-18-12(8-20-15)10(2)3/h7-11,14,17H,6H2,1-5H3. The van der Waals surface area contributed by atoms with Crippen LogP contribution in [0.15, 0.2) is 17.9 Å². The molecule has 0 bridgehead atoms. The molecule has 1 unspecified atom stereocenters. The first kappa shape index (κ1) is 15.2. The predicted octanol–water partition coefficient (Wildman–Crippen LogP) is 3.57. The number of aryl methyl sites for hydroxylation is 1. The Hall–Kier alpha value is -1.20. The summed E-state index contributed by atoms with van der Waals surface area (Å²) in [5.74, 6) is 0.468. The maximum Gasteiger partial charge on any atom is 0.116 e. The normalized spacial score (nSPS) is 13.3. The van der Waals surface area contributed by atoms with Gasteiger partial charge in [-0.25, -0.2) is 9.97 Å². The summed E-state index contributed by atoms with van der Waals surface area (Å²) in [6.07, 6.45) is 3.83. The summed E-state index contributed by atoms with van der Waals surface area (Å²) in [6, 6.07) is 0.515. The fourth-order valence-corrected chi connectivity index (χ4v) is 3.20. The minimum atomic E-state index is 0.120. The van der Waals surface area contributed by atoms with Gasteiger partial charge in [-0.05, 0) is 26.7 Å². The van der Waals surface area contributed by atoms with E-state index < -0.39 is 0 Å². The Labute approximate surface area is 125 Å². The van der Waals surface area contributed by atoms with Gasteiger partial charge in [0.05, 0.1) is 23.9 Å². The Balaban J connectivity index is 2.36. The fraction of sp³-hybridized carbons (Fsp3) is 0.600. The van der Waals surface area contributed by atoms with Crippen molar-refractivity contribution in [1.29, 1.82) is 0 Å². The highest BCUT2D eigenvalue weighted by Gasteiger charge is 2.22. The Morgan fingerprint density at radius 2 is 2.05 bits per heavy atom. The molecule has 0 saturated carbocycles. The molecule has 0 saturated heterocycles. The maximum atomic E-state index is 4.81. The summed E-state index contributed by atoms with van der Waals surface area (Å²) in [4.78, 5) is 9.10. The average molecular weight is 292 g/mol. The number of nitrogens with one attached hydrogen (secondary N) is 1. The van der Waals surface area contributed by atoms with E-state index in [0.717, 1.165) is 11.6 Å². The Bertz CT molecular complexity index is 542. The number of nitrogens with zero attached hydrogens (tertiary/aromatic N) is 3. The fourth-order valence-electron chi connectivity index (χ4n) is 2.15. The quantitative estimate of drug-likeness (QED) is 0.885. The summed E-state index contributed by atoms with van der Waals surface area (Å²) in [5, 5.41) is 6.90. The molecule has 0 spiro atoms. The molecule has 1 atom stereocenters. The first-order valence-electron chi connectivity index (χ1n) is 7.24. The van der Waals surface area contributed by atoms with E-state index in [0.29, 0.717) is 12.0 Å². The van der Waals surface area contributed by atoms with Crippen molar-refractivity contribution < 1.29 is 0 Å². The van der Waals surface area contributed by atoms with Crippen LogP contribution >= 0.6 is 11.3 Å². The number of rotatable bonds is 6. The molecular weight excluding hydrogens is 268 g/mol. The molecule has 4 nitrogen and oxygen atoms in total. The molecule has 2 heterocycles. The molecule has 0 aliphatic rings. The lowest BCUT2D eigenvalue weighted by molar-refractivity contribution is 0.499. The van der Waals surface area contributed by atoms with Crippen LogP contribution in [0.4, 0.5) is 0 Å². The molecule has 0 aromatic carbocycles. The molecule has 0 amide bonds. The zero-order chi connectivity index (χ0) is 14.7. The van der Waals surface area contributed by atoms with Gasteiger partial charge in [0.2, 0.25) is 0 Å². The van der Waals surface area contributed by atoms with Crippen LogP contribution < -0.4 is 5.32 Å². The number of aromatic nitrogens is 3. The average Bonchev–Trinajstić information content (AvgIpc) is 3.04. The van der Waals surface area contributed by atoms with Gasteiger partial charge >= 0.3 is 0 Å². The van der Waals surface area contributed by atoms with E-state index in [1.807, 2.05) is 12.5 Å². The van der Waals surface area contributed by atoms with Crippen molar-refractivity contribution >= 4 is 11.3 Å². The molecule has 2 rings (SSSR count). The van der Waals surface area contributed by atoms with Crippen molar-refractivity contribution in [3.8, 4) is 0 Å². The van der Waals surface area contributed by atoms with Crippen molar-refractivity contribution in [2.24, 2.45) is 0 Å². The van der Waals surface area contributed by atoms with Crippen LogP contribution in [0.25, 0.3) is 0 Å². The van der Waals surface area contributed by atoms with Gasteiger partial charge in [-0.1, -0.05) is 13.8 Å². The molecule has 0 radical (unpaired) electrons. The molecule has 20 heavy (non-hydrogen) atoms. The lowest BCUT2D eigenvalue weighted by atomic mass is 10.1. The van der Waals surface area contributed by atoms with Crippen LogP contribution in [0.5, 0.6) is 0 Å². The first-order valence-corrected chi connectivity index (χ1v) is 8.12. The van der Waals surface area contributed by atoms with Crippen LogP contribution in [0, 0.1) is 0 Å². The lowest BCUT2D eigenvalue weighted by Gasteiger charge is -2.20. The zero-order valence-corrected chi connectivity index (χ0v) is 13.7. The highest BCUT2D eigenvalue weighted by Crippen LogP contribution is 2.28. The van der Waals surface area contributed by atoms with Gasteiger partial charge in [0.25, 0.3) is 0 Å². The molecule has 5 heteroatoms. The molecule has 2 aromatic heterocycles. The van der Waals surface area contributed by atoms with E-state index in [9.17, 15) is 0 Å². The van der Waals surface area contributed by atoms with Crippen LogP contribution in [0.1, 0.15) is 63.0 Å². The molecule has 2 aromatic rings. The molecular formula is C15H24N4S. The number of hydrogen-bond donors (Lipinski definition) is 1. The SMILES string of the molecule is CCn1cncc1C(NC(C)C)c1nc(C(C)C)cs1. The smallest absolute Gasteiger partial charge is 0.116 e. The Morgan fingerprint density at radius 1 is 1.30 bits per heavy atom. The summed E-state index contributed by atoms with van der Waals surface area (Å²) in [7, 11) is 0. The Morgan fingerprint density at radius 3 is 2.60 bits per heavy atom. The lowest BCUT2D eigenvalue weighted by Crippen LogP contribution is -2.30. The second kappa shape index (κ2) is 6.50. The molecule has 0 aliphatic carbocycles. The van der Waals surface area contributed by atoms with Crippen LogP contribution in [0.3, 0.4) is 0 Å². The molecule has 0 fully saturated rings. The predicted molar refractivity (Wildman–Crippen MR) is 84.2 cm³/mol. The van der Waals surface area contributed by atoms with E-state index in [1.165, 1.54) is 11.4 Å². The second-order valence-corrected chi connectivity index (χ2v) is 6.51. The largest absolute Gasteiger partial charge is 0.333 e. The van der Waals surface area contributed by atoms with E-state index in [-0.39, 0.29) is 6.04 Å². The maximum absolute atomic E-state index is 4.81. The third kappa shape index (κ3) is 3.27. The van der Waals surface area contributed by atoms with E-state index >= 15 is 0 Å². The van der Waals surface area contributed by atoms with Gasteiger partial charge in [0, 0.05) is 18.0 Å². The third-order valence-corrected chi connectivity index (χ3v) is 4.19.